The molecule has 3 rings (SSSR count). The topological polar surface area (TPSA) is 48.4 Å². The highest BCUT2D eigenvalue weighted by Crippen LogP contribution is 2.38. The summed E-state index contributed by atoms with van der Waals surface area (Å²) < 4.78 is 10.4. The van der Waals surface area contributed by atoms with E-state index in [1.165, 1.54) is 4.88 Å². The molecule has 1 aromatic heterocycles. The summed E-state index contributed by atoms with van der Waals surface area (Å²) in [7, 11) is 0. The summed E-state index contributed by atoms with van der Waals surface area (Å²) in [4.78, 5) is 17.5. The van der Waals surface area contributed by atoms with Gasteiger partial charge in [-0.15, -0.1) is 11.3 Å². The number of carbonyl (C=O) groups excluding carboxylic acids is 1. The van der Waals surface area contributed by atoms with Crippen LogP contribution < -0.4 is 0 Å². The van der Waals surface area contributed by atoms with Crippen LogP contribution in [0.15, 0.2) is 36.5 Å². The molecule has 0 aliphatic carbocycles. The number of aromatic nitrogens is 1. The first-order valence-corrected chi connectivity index (χ1v) is 8.76. The Labute approximate surface area is 140 Å². The lowest BCUT2D eigenvalue weighted by Crippen LogP contribution is -2.44. The number of benzene rings is 1. The fourth-order valence-corrected chi connectivity index (χ4v) is 3.69. The van der Waals surface area contributed by atoms with Gasteiger partial charge in [0, 0.05) is 22.1 Å². The highest BCUT2D eigenvalue weighted by molar-refractivity contribution is 7.15. The van der Waals surface area contributed by atoms with Gasteiger partial charge < -0.3 is 9.47 Å². The van der Waals surface area contributed by atoms with Gasteiger partial charge in [-0.2, -0.15) is 0 Å². The number of thiazole rings is 1. The lowest BCUT2D eigenvalue weighted by molar-refractivity contribution is -0.162. The Balaban J connectivity index is 1.59. The second-order valence-electron chi connectivity index (χ2n) is 5.97. The van der Waals surface area contributed by atoms with Gasteiger partial charge in [0.1, 0.15) is 5.01 Å². The van der Waals surface area contributed by atoms with Crippen molar-refractivity contribution < 1.29 is 14.3 Å². The van der Waals surface area contributed by atoms with Crippen LogP contribution in [0.25, 0.3) is 10.6 Å². The average Bonchev–Trinajstić information content (AvgIpc) is 3.00. The van der Waals surface area contributed by atoms with Gasteiger partial charge in [-0.05, 0) is 19.8 Å². The molecule has 1 fully saturated rings. The molecular formula is C18H21NO3S. The molecule has 0 unspecified atom stereocenters. The molecule has 0 saturated carbocycles. The van der Waals surface area contributed by atoms with E-state index < -0.39 is 0 Å². The van der Waals surface area contributed by atoms with Crippen molar-refractivity contribution in [2.45, 2.75) is 26.2 Å². The van der Waals surface area contributed by atoms with Crippen LogP contribution in [0.3, 0.4) is 0 Å². The molecular weight excluding hydrogens is 310 g/mol. The number of hydrogen-bond acceptors (Lipinski definition) is 5. The van der Waals surface area contributed by atoms with Gasteiger partial charge in [0.2, 0.25) is 0 Å². The summed E-state index contributed by atoms with van der Waals surface area (Å²) in [5.74, 6) is -0.120. The van der Waals surface area contributed by atoms with Gasteiger partial charge in [-0.3, -0.25) is 4.79 Å². The third-order valence-electron chi connectivity index (χ3n) is 4.12. The van der Waals surface area contributed by atoms with E-state index in [9.17, 15) is 4.79 Å². The van der Waals surface area contributed by atoms with E-state index in [0.717, 1.165) is 23.4 Å². The molecule has 0 atom stereocenters. The summed E-state index contributed by atoms with van der Waals surface area (Å²) in [5, 5.41) is 1.05. The van der Waals surface area contributed by atoms with Crippen molar-refractivity contribution in [1.82, 2.24) is 4.98 Å². The third kappa shape index (κ3) is 3.98. The minimum absolute atomic E-state index is 0.0524. The molecule has 122 valence electrons. The van der Waals surface area contributed by atoms with Crippen LogP contribution in [0.2, 0.25) is 0 Å². The normalized spacial score (nSPS) is 15.9. The first-order chi connectivity index (χ1) is 11.2. The highest BCUT2D eigenvalue weighted by Gasteiger charge is 2.40. The van der Waals surface area contributed by atoms with Crippen LogP contribution in [0, 0.1) is 5.41 Å². The predicted octanol–water partition coefficient (Wildman–Crippen LogP) is 3.71. The second kappa shape index (κ2) is 7.23. The molecule has 0 radical (unpaired) electrons. The van der Waals surface area contributed by atoms with Gasteiger partial charge in [-0.25, -0.2) is 4.98 Å². The molecule has 2 aromatic rings. The van der Waals surface area contributed by atoms with E-state index in [0.29, 0.717) is 26.2 Å². The number of nitrogens with zero attached hydrogens (tertiary/aromatic N) is 1. The molecule has 1 aliphatic heterocycles. The molecule has 2 heterocycles. The van der Waals surface area contributed by atoms with Crippen LogP contribution in [-0.2, 0) is 20.7 Å². The molecule has 23 heavy (non-hydrogen) atoms. The van der Waals surface area contributed by atoms with E-state index >= 15 is 0 Å². The van der Waals surface area contributed by atoms with Gasteiger partial charge in [0.15, 0.2) is 0 Å². The Morgan fingerprint density at radius 3 is 2.78 bits per heavy atom. The van der Waals surface area contributed by atoms with Crippen molar-refractivity contribution in [1.29, 1.82) is 0 Å². The predicted molar refractivity (Wildman–Crippen MR) is 90.4 cm³/mol. The number of esters is 1. The molecule has 0 N–H and O–H groups in total. The van der Waals surface area contributed by atoms with E-state index in [2.05, 4.69) is 17.1 Å². The molecule has 1 aliphatic rings. The zero-order valence-electron chi connectivity index (χ0n) is 13.3. The molecule has 0 spiro atoms. The van der Waals surface area contributed by atoms with Gasteiger partial charge in [-0.1, -0.05) is 30.3 Å². The molecule has 1 aromatic carbocycles. The Bertz CT molecular complexity index is 649. The zero-order chi connectivity index (χ0) is 16.1. The number of rotatable bonds is 7. The Kier molecular flexibility index (Phi) is 5.08. The van der Waals surface area contributed by atoms with E-state index in [1.807, 2.05) is 31.3 Å². The zero-order valence-corrected chi connectivity index (χ0v) is 14.1. The van der Waals surface area contributed by atoms with Crippen molar-refractivity contribution in [2.24, 2.45) is 5.41 Å². The first kappa shape index (κ1) is 16.1. The van der Waals surface area contributed by atoms with Crippen LogP contribution in [0.4, 0.5) is 0 Å². The van der Waals surface area contributed by atoms with Crippen molar-refractivity contribution in [3.8, 4) is 10.6 Å². The number of ether oxygens (including phenoxy) is 2. The minimum atomic E-state index is -0.120. The van der Waals surface area contributed by atoms with E-state index in [1.54, 1.807) is 11.3 Å². The Hall–Kier alpha value is -1.72. The number of carbonyl (C=O) groups is 1. The van der Waals surface area contributed by atoms with Crippen molar-refractivity contribution in [3.63, 3.8) is 0 Å². The van der Waals surface area contributed by atoms with Crippen molar-refractivity contribution >= 4 is 17.3 Å². The summed E-state index contributed by atoms with van der Waals surface area (Å²) >= 11 is 1.72. The standard InChI is InChI=1S/C18H21NO3S/c1-2-22-16(20)10-18(12-21-13-18)9-8-15-11-19-17(23-15)14-6-4-3-5-7-14/h3-7,11H,2,8-10,12-13H2,1H3. The molecule has 0 amide bonds. The molecule has 5 heteroatoms. The van der Waals surface area contributed by atoms with Crippen LogP contribution in [-0.4, -0.2) is 30.8 Å². The van der Waals surface area contributed by atoms with Gasteiger partial charge in [0.05, 0.1) is 26.2 Å². The van der Waals surface area contributed by atoms with Crippen LogP contribution in [0.1, 0.15) is 24.6 Å². The number of aryl methyl sites for hydroxylation is 1. The average molecular weight is 331 g/mol. The maximum Gasteiger partial charge on any atom is 0.306 e. The summed E-state index contributed by atoms with van der Waals surface area (Å²) in [6.45, 7) is 3.57. The van der Waals surface area contributed by atoms with Crippen molar-refractivity contribution in [3.05, 3.63) is 41.4 Å². The van der Waals surface area contributed by atoms with E-state index in [-0.39, 0.29) is 11.4 Å². The summed E-state index contributed by atoms with van der Waals surface area (Å²) in [5.41, 5.74) is 1.10. The van der Waals surface area contributed by atoms with Crippen molar-refractivity contribution in [2.75, 3.05) is 19.8 Å². The lowest BCUT2D eigenvalue weighted by Gasteiger charge is -2.40. The Morgan fingerprint density at radius 1 is 1.35 bits per heavy atom. The number of hydrogen-bond donors (Lipinski definition) is 0. The fraction of sp³-hybridized carbons (Fsp3) is 0.444. The van der Waals surface area contributed by atoms with Crippen LogP contribution in [0.5, 0.6) is 0 Å². The largest absolute Gasteiger partial charge is 0.466 e. The SMILES string of the molecule is CCOC(=O)CC1(CCc2cnc(-c3ccccc3)s2)COC1. The van der Waals surface area contributed by atoms with Gasteiger partial charge in [0.25, 0.3) is 0 Å². The summed E-state index contributed by atoms with van der Waals surface area (Å²) in [6, 6.07) is 10.2. The molecule has 0 bridgehead atoms. The molecule has 1 saturated heterocycles. The quantitative estimate of drug-likeness (QED) is 0.726. The smallest absolute Gasteiger partial charge is 0.306 e. The molecule has 4 nitrogen and oxygen atoms in total. The highest BCUT2D eigenvalue weighted by atomic mass is 32.1. The summed E-state index contributed by atoms with van der Waals surface area (Å²) in [6.07, 6.45) is 4.26. The maximum absolute atomic E-state index is 11.8. The maximum atomic E-state index is 11.8. The lowest BCUT2D eigenvalue weighted by atomic mass is 9.78. The monoisotopic (exact) mass is 331 g/mol. The van der Waals surface area contributed by atoms with Gasteiger partial charge >= 0.3 is 5.97 Å². The third-order valence-corrected chi connectivity index (χ3v) is 5.22. The first-order valence-electron chi connectivity index (χ1n) is 7.94. The minimum Gasteiger partial charge on any atom is -0.466 e. The fourth-order valence-electron chi connectivity index (χ4n) is 2.77. The van der Waals surface area contributed by atoms with Crippen LogP contribution >= 0.6 is 11.3 Å². The Morgan fingerprint density at radius 2 is 2.13 bits per heavy atom. The second-order valence-corrected chi connectivity index (χ2v) is 7.09. The van der Waals surface area contributed by atoms with E-state index in [4.69, 9.17) is 9.47 Å².